The molecule has 2 rings (SSSR count). The fraction of sp³-hybridized carbons (Fsp3) is 0.250. The van der Waals surface area contributed by atoms with Gasteiger partial charge in [0.05, 0.1) is 12.2 Å². The van der Waals surface area contributed by atoms with E-state index in [1.807, 2.05) is 25.3 Å². The number of hydrogen-bond donors (Lipinski definition) is 1. The van der Waals surface area contributed by atoms with Gasteiger partial charge in [0.2, 0.25) is 0 Å². The highest BCUT2D eigenvalue weighted by atomic mass is 127. The van der Waals surface area contributed by atoms with E-state index in [4.69, 9.17) is 4.42 Å². The van der Waals surface area contributed by atoms with Crippen molar-refractivity contribution < 1.29 is 4.42 Å². The molecular weight excluding hydrogens is 331 g/mol. The molecule has 4 nitrogen and oxygen atoms in total. The second kappa shape index (κ2) is 5.39. The fourth-order valence-electron chi connectivity index (χ4n) is 1.52. The maximum Gasteiger partial charge on any atom is 0.250 e. The zero-order valence-corrected chi connectivity index (χ0v) is 11.6. The van der Waals surface area contributed by atoms with Crippen LogP contribution in [0.1, 0.15) is 12.7 Å². The van der Waals surface area contributed by atoms with Crippen molar-refractivity contribution in [3.05, 3.63) is 50.3 Å². The number of hydrogen-bond acceptors (Lipinski definition) is 3. The van der Waals surface area contributed by atoms with Crippen LogP contribution >= 0.6 is 22.6 Å². The van der Waals surface area contributed by atoms with Crippen LogP contribution in [0.15, 0.2) is 39.7 Å². The Morgan fingerprint density at radius 2 is 2.18 bits per heavy atom. The third-order valence-electron chi connectivity index (χ3n) is 2.42. The number of halogens is 1. The second-order valence-corrected chi connectivity index (χ2v) is 4.66. The number of furan rings is 1. The minimum Gasteiger partial charge on any atom is -0.454 e. The lowest BCUT2D eigenvalue weighted by molar-refractivity contribution is 0.492. The van der Waals surface area contributed by atoms with Crippen molar-refractivity contribution in [2.24, 2.45) is 0 Å². The molecule has 0 aliphatic heterocycles. The number of aromatic nitrogens is 1. The van der Waals surface area contributed by atoms with Crippen LogP contribution in [-0.4, -0.2) is 4.57 Å². The van der Waals surface area contributed by atoms with Crippen LogP contribution in [0.2, 0.25) is 0 Å². The lowest BCUT2D eigenvalue weighted by Gasteiger charge is -2.07. The smallest absolute Gasteiger partial charge is 0.250 e. The van der Waals surface area contributed by atoms with Gasteiger partial charge in [-0.3, -0.25) is 4.79 Å². The Morgan fingerprint density at radius 1 is 1.35 bits per heavy atom. The Kier molecular flexibility index (Phi) is 3.88. The Balaban J connectivity index is 2.06. The minimum atomic E-state index is 0.0191. The summed E-state index contributed by atoms with van der Waals surface area (Å²) in [4.78, 5) is 11.4. The van der Waals surface area contributed by atoms with Crippen molar-refractivity contribution in [2.75, 3.05) is 5.32 Å². The highest BCUT2D eigenvalue weighted by Gasteiger charge is 2.00. The molecule has 2 aromatic heterocycles. The molecule has 0 saturated carbocycles. The van der Waals surface area contributed by atoms with E-state index in [9.17, 15) is 4.79 Å². The fourth-order valence-corrected chi connectivity index (χ4v) is 1.98. The van der Waals surface area contributed by atoms with Crippen LogP contribution in [0.3, 0.4) is 0 Å². The van der Waals surface area contributed by atoms with Gasteiger partial charge in [0, 0.05) is 18.8 Å². The van der Waals surface area contributed by atoms with Crippen molar-refractivity contribution in [1.29, 1.82) is 0 Å². The molecular formula is C12H13IN2O2. The Bertz CT molecular complexity index is 560. The van der Waals surface area contributed by atoms with Gasteiger partial charge in [0.1, 0.15) is 5.76 Å². The largest absolute Gasteiger partial charge is 0.454 e. The molecule has 0 bridgehead atoms. The van der Waals surface area contributed by atoms with Crippen molar-refractivity contribution in [1.82, 2.24) is 4.57 Å². The predicted molar refractivity (Wildman–Crippen MR) is 75.1 cm³/mol. The first-order valence-electron chi connectivity index (χ1n) is 5.37. The average Bonchev–Trinajstić information content (AvgIpc) is 2.74. The molecule has 0 saturated heterocycles. The van der Waals surface area contributed by atoms with E-state index >= 15 is 0 Å². The average molecular weight is 344 g/mol. The maximum atomic E-state index is 11.4. The molecule has 0 atom stereocenters. The summed E-state index contributed by atoms with van der Waals surface area (Å²) in [6.07, 6.45) is 1.82. The van der Waals surface area contributed by atoms with Gasteiger partial charge in [0.25, 0.3) is 5.56 Å². The number of pyridine rings is 1. The molecule has 0 radical (unpaired) electrons. The van der Waals surface area contributed by atoms with Gasteiger partial charge >= 0.3 is 0 Å². The summed E-state index contributed by atoms with van der Waals surface area (Å²) in [6.45, 7) is 3.23. The second-order valence-electron chi connectivity index (χ2n) is 3.60. The Morgan fingerprint density at radius 3 is 2.82 bits per heavy atom. The summed E-state index contributed by atoms with van der Waals surface area (Å²) in [7, 11) is 0. The molecule has 0 spiro atoms. The van der Waals surface area contributed by atoms with E-state index < -0.39 is 0 Å². The summed E-state index contributed by atoms with van der Waals surface area (Å²) < 4.78 is 7.98. The highest BCUT2D eigenvalue weighted by Crippen LogP contribution is 2.12. The third-order valence-corrected chi connectivity index (χ3v) is 3.00. The van der Waals surface area contributed by atoms with Gasteiger partial charge < -0.3 is 14.3 Å². The summed E-state index contributed by atoms with van der Waals surface area (Å²) >= 11 is 2.13. The summed E-state index contributed by atoms with van der Waals surface area (Å²) in [6, 6.07) is 7.20. The standard InChI is InChI=1S/C12H13IN2O2/c1-2-15-8-9(3-6-12(15)16)14-7-10-4-5-11(13)17-10/h3-6,8,14H,2,7H2,1H3. The number of nitrogens with zero attached hydrogens (tertiary/aromatic N) is 1. The molecule has 1 N–H and O–H groups in total. The number of aryl methyl sites for hydroxylation is 1. The van der Waals surface area contributed by atoms with E-state index in [-0.39, 0.29) is 5.56 Å². The van der Waals surface area contributed by atoms with E-state index in [0.717, 1.165) is 15.2 Å². The number of rotatable bonds is 4. The Hall–Kier alpha value is -1.24. The third kappa shape index (κ3) is 3.12. The predicted octanol–water partition coefficient (Wildman–Crippen LogP) is 2.68. The highest BCUT2D eigenvalue weighted by molar-refractivity contribution is 14.1. The summed E-state index contributed by atoms with van der Waals surface area (Å²) in [5, 5.41) is 3.22. The monoisotopic (exact) mass is 344 g/mol. The molecule has 0 amide bonds. The van der Waals surface area contributed by atoms with Gasteiger partial charge in [0.15, 0.2) is 3.77 Å². The van der Waals surface area contributed by atoms with E-state index in [2.05, 4.69) is 27.9 Å². The molecule has 0 aliphatic rings. The number of nitrogens with one attached hydrogen (secondary N) is 1. The number of anilines is 1. The van der Waals surface area contributed by atoms with E-state index in [0.29, 0.717) is 13.1 Å². The molecule has 2 aromatic rings. The summed E-state index contributed by atoms with van der Waals surface area (Å²) in [5.41, 5.74) is 0.934. The van der Waals surface area contributed by atoms with Gasteiger partial charge in [-0.05, 0) is 47.7 Å². The van der Waals surface area contributed by atoms with Crippen molar-refractivity contribution >= 4 is 28.3 Å². The van der Waals surface area contributed by atoms with Crippen LogP contribution in [0.5, 0.6) is 0 Å². The van der Waals surface area contributed by atoms with Crippen LogP contribution in [0.25, 0.3) is 0 Å². The van der Waals surface area contributed by atoms with E-state index in [1.54, 1.807) is 16.7 Å². The van der Waals surface area contributed by atoms with Crippen molar-refractivity contribution in [3.8, 4) is 0 Å². The van der Waals surface area contributed by atoms with Crippen molar-refractivity contribution in [2.45, 2.75) is 20.0 Å². The maximum absolute atomic E-state index is 11.4. The lowest BCUT2D eigenvalue weighted by Crippen LogP contribution is -2.17. The van der Waals surface area contributed by atoms with Crippen LogP contribution < -0.4 is 10.9 Å². The molecule has 0 unspecified atom stereocenters. The molecule has 5 heteroatoms. The Labute approximate surface area is 113 Å². The normalized spacial score (nSPS) is 10.5. The quantitative estimate of drug-likeness (QED) is 0.868. The van der Waals surface area contributed by atoms with Gasteiger partial charge in [-0.15, -0.1) is 0 Å². The first-order chi connectivity index (χ1) is 8.19. The van der Waals surface area contributed by atoms with Gasteiger partial charge in [-0.25, -0.2) is 0 Å². The summed E-state index contributed by atoms with van der Waals surface area (Å²) in [5.74, 6) is 0.878. The molecule has 0 aliphatic carbocycles. The van der Waals surface area contributed by atoms with Crippen molar-refractivity contribution in [3.63, 3.8) is 0 Å². The molecule has 0 aromatic carbocycles. The molecule has 90 valence electrons. The van der Waals surface area contributed by atoms with Crippen LogP contribution in [0, 0.1) is 3.77 Å². The van der Waals surface area contributed by atoms with E-state index in [1.165, 1.54) is 0 Å². The topological polar surface area (TPSA) is 47.2 Å². The molecule has 17 heavy (non-hydrogen) atoms. The van der Waals surface area contributed by atoms with Crippen LogP contribution in [0.4, 0.5) is 5.69 Å². The molecule has 2 heterocycles. The zero-order valence-electron chi connectivity index (χ0n) is 9.44. The SMILES string of the molecule is CCn1cc(NCc2ccc(I)o2)ccc1=O. The first kappa shape index (κ1) is 12.2. The zero-order chi connectivity index (χ0) is 12.3. The van der Waals surface area contributed by atoms with Gasteiger partial charge in [-0.1, -0.05) is 0 Å². The van der Waals surface area contributed by atoms with Gasteiger partial charge in [-0.2, -0.15) is 0 Å². The minimum absolute atomic E-state index is 0.0191. The molecule has 0 fully saturated rings. The lowest BCUT2D eigenvalue weighted by atomic mass is 10.3. The first-order valence-corrected chi connectivity index (χ1v) is 6.45. The van der Waals surface area contributed by atoms with Crippen LogP contribution in [-0.2, 0) is 13.1 Å².